The summed E-state index contributed by atoms with van der Waals surface area (Å²) in [6, 6.07) is 11.6. The van der Waals surface area contributed by atoms with E-state index in [1.165, 1.54) is 0 Å². The minimum absolute atomic E-state index is 0.0121. The van der Waals surface area contributed by atoms with Crippen molar-refractivity contribution in [3.05, 3.63) is 53.9 Å². The van der Waals surface area contributed by atoms with E-state index in [2.05, 4.69) is 20.6 Å². The topological polar surface area (TPSA) is 88.1 Å². The minimum Gasteiger partial charge on any atom is -0.454 e. The van der Waals surface area contributed by atoms with Gasteiger partial charge >= 0.3 is 0 Å². The fourth-order valence-corrected chi connectivity index (χ4v) is 2.70. The summed E-state index contributed by atoms with van der Waals surface area (Å²) in [4.78, 5) is 22.4. The van der Waals surface area contributed by atoms with Gasteiger partial charge in [-0.25, -0.2) is 0 Å². The van der Waals surface area contributed by atoms with Crippen LogP contribution in [-0.2, 0) is 17.8 Å². The lowest BCUT2D eigenvalue weighted by Crippen LogP contribution is -2.43. The highest BCUT2D eigenvalue weighted by atomic mass is 16.7. The van der Waals surface area contributed by atoms with Crippen LogP contribution in [0.4, 0.5) is 0 Å². The molecule has 148 valence electrons. The number of fused-ring (bicyclic) bond motifs is 1. The molecule has 1 aromatic carbocycles. The number of carbonyl (C=O) groups excluding carboxylic acids is 1. The van der Waals surface area contributed by atoms with E-state index in [1.807, 2.05) is 36.4 Å². The number of carbonyl (C=O) groups is 1. The monoisotopic (exact) mass is 383 g/mol. The average Bonchev–Trinajstić information content (AvgIpc) is 3.20. The van der Waals surface area contributed by atoms with Crippen LogP contribution >= 0.6 is 0 Å². The van der Waals surface area contributed by atoms with Gasteiger partial charge in [0.2, 0.25) is 12.7 Å². The third kappa shape index (κ3) is 5.35. The van der Waals surface area contributed by atoms with E-state index in [0.29, 0.717) is 19.0 Å². The number of amides is 1. The van der Waals surface area contributed by atoms with E-state index in [1.54, 1.807) is 25.2 Å². The maximum atomic E-state index is 12.3. The van der Waals surface area contributed by atoms with E-state index in [0.717, 1.165) is 29.2 Å². The molecule has 2 aromatic rings. The Bertz CT molecular complexity index is 826. The van der Waals surface area contributed by atoms with Gasteiger partial charge in [-0.05, 0) is 29.8 Å². The van der Waals surface area contributed by atoms with Crippen LogP contribution in [0.2, 0.25) is 0 Å². The maximum absolute atomic E-state index is 12.3. The van der Waals surface area contributed by atoms with Gasteiger partial charge in [-0.3, -0.25) is 14.8 Å². The first-order chi connectivity index (χ1) is 13.7. The molecule has 2 heterocycles. The lowest BCUT2D eigenvalue weighted by atomic mass is 10.2. The van der Waals surface area contributed by atoms with E-state index in [-0.39, 0.29) is 19.2 Å². The first-order valence-corrected chi connectivity index (χ1v) is 9.12. The highest BCUT2D eigenvalue weighted by molar-refractivity contribution is 5.86. The molecule has 0 unspecified atom stereocenters. The molecule has 1 aliphatic heterocycles. The standard InChI is InChI=1S/C20H25N5O3/c1-21-20(23-12-15-6-7-17-18(11-15)28-14-27-17)24-13-19(26)25(2)10-8-16-5-3-4-9-22-16/h3-7,9,11H,8,10,12-14H2,1-2H3,(H2,21,23,24). The van der Waals surface area contributed by atoms with Crippen molar-refractivity contribution in [2.75, 3.05) is 34.0 Å². The van der Waals surface area contributed by atoms with Crippen LogP contribution in [0.25, 0.3) is 0 Å². The number of nitrogens with one attached hydrogen (secondary N) is 2. The number of aromatic nitrogens is 1. The fraction of sp³-hybridized carbons (Fsp3) is 0.350. The molecule has 0 aliphatic carbocycles. The molecule has 0 fully saturated rings. The van der Waals surface area contributed by atoms with E-state index in [9.17, 15) is 4.79 Å². The van der Waals surface area contributed by atoms with Crippen LogP contribution in [0.3, 0.4) is 0 Å². The van der Waals surface area contributed by atoms with Gasteiger partial charge in [0.05, 0.1) is 6.54 Å². The molecule has 28 heavy (non-hydrogen) atoms. The molecule has 1 amide bonds. The third-order valence-corrected chi connectivity index (χ3v) is 4.38. The second-order valence-corrected chi connectivity index (χ2v) is 6.35. The number of hydrogen-bond acceptors (Lipinski definition) is 5. The highest BCUT2D eigenvalue weighted by Crippen LogP contribution is 2.32. The Morgan fingerprint density at radius 1 is 1.21 bits per heavy atom. The third-order valence-electron chi connectivity index (χ3n) is 4.38. The van der Waals surface area contributed by atoms with Crippen LogP contribution < -0.4 is 20.1 Å². The van der Waals surface area contributed by atoms with Crippen molar-refractivity contribution in [2.45, 2.75) is 13.0 Å². The van der Waals surface area contributed by atoms with Crippen molar-refractivity contribution in [1.82, 2.24) is 20.5 Å². The number of nitrogens with zero attached hydrogens (tertiary/aromatic N) is 3. The molecule has 0 saturated carbocycles. The number of guanidine groups is 1. The summed E-state index contributed by atoms with van der Waals surface area (Å²) in [7, 11) is 3.46. The summed E-state index contributed by atoms with van der Waals surface area (Å²) in [5, 5.41) is 6.24. The average molecular weight is 383 g/mol. The van der Waals surface area contributed by atoms with Gasteiger partial charge < -0.3 is 25.0 Å². The Morgan fingerprint density at radius 3 is 2.86 bits per heavy atom. The molecule has 0 bridgehead atoms. The van der Waals surface area contributed by atoms with Gasteiger partial charge in [-0.1, -0.05) is 12.1 Å². The summed E-state index contributed by atoms with van der Waals surface area (Å²) >= 11 is 0. The van der Waals surface area contributed by atoms with E-state index >= 15 is 0 Å². The second-order valence-electron chi connectivity index (χ2n) is 6.35. The van der Waals surface area contributed by atoms with Gasteiger partial charge in [-0.2, -0.15) is 0 Å². The fourth-order valence-electron chi connectivity index (χ4n) is 2.70. The van der Waals surface area contributed by atoms with Gasteiger partial charge in [0, 0.05) is 45.5 Å². The van der Waals surface area contributed by atoms with Crippen molar-refractivity contribution >= 4 is 11.9 Å². The summed E-state index contributed by atoms with van der Waals surface area (Å²) in [6.45, 7) is 1.59. The summed E-state index contributed by atoms with van der Waals surface area (Å²) in [6.07, 6.45) is 2.48. The van der Waals surface area contributed by atoms with Gasteiger partial charge in [0.15, 0.2) is 17.5 Å². The van der Waals surface area contributed by atoms with Crippen molar-refractivity contribution in [3.63, 3.8) is 0 Å². The van der Waals surface area contributed by atoms with Crippen LogP contribution in [0.15, 0.2) is 47.6 Å². The van der Waals surface area contributed by atoms with Crippen LogP contribution in [-0.4, -0.2) is 55.7 Å². The Labute approximate surface area is 164 Å². The molecule has 0 saturated heterocycles. The summed E-state index contributed by atoms with van der Waals surface area (Å²) < 4.78 is 10.7. The molecule has 8 nitrogen and oxygen atoms in total. The Morgan fingerprint density at radius 2 is 2.07 bits per heavy atom. The molecule has 1 aromatic heterocycles. The molecule has 8 heteroatoms. The number of hydrogen-bond donors (Lipinski definition) is 2. The zero-order chi connectivity index (χ0) is 19.8. The first-order valence-electron chi connectivity index (χ1n) is 9.12. The molecule has 2 N–H and O–H groups in total. The first kappa shape index (κ1) is 19.5. The number of ether oxygens (including phenoxy) is 2. The quantitative estimate of drug-likeness (QED) is 0.551. The second kappa shape index (κ2) is 9.59. The lowest BCUT2D eigenvalue weighted by molar-refractivity contribution is -0.128. The Balaban J connectivity index is 1.41. The van der Waals surface area contributed by atoms with Crippen molar-refractivity contribution < 1.29 is 14.3 Å². The number of aliphatic imine (C=N–C) groups is 1. The van der Waals surface area contributed by atoms with Crippen molar-refractivity contribution in [3.8, 4) is 11.5 Å². The zero-order valence-electron chi connectivity index (χ0n) is 16.1. The molecule has 3 rings (SSSR count). The van der Waals surface area contributed by atoms with Gasteiger partial charge in [0.1, 0.15) is 0 Å². The Hall–Kier alpha value is -3.29. The molecule has 1 aliphatic rings. The normalized spacial score (nSPS) is 12.6. The molecule has 0 radical (unpaired) electrons. The van der Waals surface area contributed by atoms with Gasteiger partial charge in [-0.15, -0.1) is 0 Å². The van der Waals surface area contributed by atoms with Crippen LogP contribution in [0.1, 0.15) is 11.3 Å². The number of benzene rings is 1. The molecule has 0 spiro atoms. The summed E-state index contributed by atoms with van der Waals surface area (Å²) in [5.41, 5.74) is 2.00. The van der Waals surface area contributed by atoms with Crippen LogP contribution in [0.5, 0.6) is 11.5 Å². The van der Waals surface area contributed by atoms with E-state index < -0.39 is 0 Å². The SMILES string of the molecule is CN=C(NCC(=O)N(C)CCc1ccccn1)NCc1ccc2c(c1)OCO2. The highest BCUT2D eigenvalue weighted by Gasteiger charge is 2.13. The van der Waals surface area contributed by atoms with Crippen molar-refractivity contribution in [2.24, 2.45) is 4.99 Å². The Kier molecular flexibility index (Phi) is 6.67. The largest absolute Gasteiger partial charge is 0.454 e. The van der Waals surface area contributed by atoms with Gasteiger partial charge in [0.25, 0.3) is 0 Å². The molecular formula is C20H25N5O3. The lowest BCUT2D eigenvalue weighted by Gasteiger charge is -2.18. The van der Waals surface area contributed by atoms with Crippen LogP contribution in [0, 0.1) is 0 Å². The number of likely N-dealkylation sites (N-methyl/N-ethyl adjacent to an activating group) is 1. The minimum atomic E-state index is -0.0121. The summed E-state index contributed by atoms with van der Waals surface area (Å²) in [5.74, 6) is 2.05. The van der Waals surface area contributed by atoms with Crippen molar-refractivity contribution in [1.29, 1.82) is 0 Å². The number of rotatable bonds is 7. The maximum Gasteiger partial charge on any atom is 0.241 e. The van der Waals surface area contributed by atoms with E-state index in [4.69, 9.17) is 9.47 Å². The predicted octanol–water partition coefficient (Wildman–Crippen LogP) is 1.18. The predicted molar refractivity (Wildman–Crippen MR) is 106 cm³/mol. The zero-order valence-corrected chi connectivity index (χ0v) is 16.1. The molecule has 0 atom stereocenters. The smallest absolute Gasteiger partial charge is 0.241 e. The molecular weight excluding hydrogens is 358 g/mol. The number of pyridine rings is 1.